The third-order valence-electron chi connectivity index (χ3n) is 3.09. The maximum atomic E-state index is 11.8. The summed E-state index contributed by atoms with van der Waals surface area (Å²) in [5.74, 6) is 0. The lowest BCUT2D eigenvalue weighted by molar-refractivity contribution is 0.0708. The van der Waals surface area contributed by atoms with Crippen molar-refractivity contribution in [3.05, 3.63) is 35.9 Å². The van der Waals surface area contributed by atoms with E-state index >= 15 is 0 Å². The molecule has 1 aliphatic heterocycles. The number of rotatable bonds is 2. The van der Waals surface area contributed by atoms with Crippen LogP contribution in [0.4, 0.5) is 4.79 Å². The number of hydrogen-bond donors (Lipinski definition) is 0. The zero-order valence-electron chi connectivity index (χ0n) is 10.1. The summed E-state index contributed by atoms with van der Waals surface area (Å²) in [6.45, 7) is 4.53. The van der Waals surface area contributed by atoms with E-state index in [0.29, 0.717) is 13.3 Å². The van der Waals surface area contributed by atoms with Crippen molar-refractivity contribution in [1.29, 1.82) is 0 Å². The van der Waals surface area contributed by atoms with E-state index in [1.807, 2.05) is 44.2 Å². The minimum absolute atomic E-state index is 0.0678. The molecular formula is C13H17NO3. The summed E-state index contributed by atoms with van der Waals surface area (Å²) in [4.78, 5) is 13.4. The van der Waals surface area contributed by atoms with E-state index in [1.165, 1.54) is 0 Å². The standard InChI is InChI=1S/C13H17NO3/c1-10-11(2)17-9-14(10)13(15)16-8-12-6-4-3-5-7-12/h3-7,10-11H,8-9H2,1-2H3. The zero-order valence-corrected chi connectivity index (χ0v) is 10.1. The lowest BCUT2D eigenvalue weighted by Crippen LogP contribution is -2.36. The molecular weight excluding hydrogens is 218 g/mol. The highest BCUT2D eigenvalue weighted by Crippen LogP contribution is 2.17. The van der Waals surface area contributed by atoms with Crippen LogP contribution in [0.25, 0.3) is 0 Å². The highest BCUT2D eigenvalue weighted by molar-refractivity contribution is 5.68. The van der Waals surface area contributed by atoms with Gasteiger partial charge in [-0.05, 0) is 19.4 Å². The van der Waals surface area contributed by atoms with Gasteiger partial charge in [-0.3, -0.25) is 4.90 Å². The minimum atomic E-state index is -0.314. The third-order valence-corrected chi connectivity index (χ3v) is 3.09. The summed E-state index contributed by atoms with van der Waals surface area (Å²) < 4.78 is 10.6. The van der Waals surface area contributed by atoms with E-state index in [-0.39, 0.29) is 18.2 Å². The first-order valence-corrected chi connectivity index (χ1v) is 5.77. The molecule has 4 heteroatoms. The van der Waals surface area contributed by atoms with Gasteiger partial charge in [0.2, 0.25) is 0 Å². The normalized spacial score (nSPS) is 23.8. The number of ether oxygens (including phenoxy) is 2. The average molecular weight is 235 g/mol. The van der Waals surface area contributed by atoms with Gasteiger partial charge < -0.3 is 9.47 Å². The van der Waals surface area contributed by atoms with Gasteiger partial charge in [-0.2, -0.15) is 0 Å². The monoisotopic (exact) mass is 235 g/mol. The van der Waals surface area contributed by atoms with Crippen LogP contribution in [-0.4, -0.2) is 29.9 Å². The summed E-state index contributed by atoms with van der Waals surface area (Å²) in [5, 5.41) is 0. The molecule has 2 atom stereocenters. The number of carbonyl (C=O) groups is 1. The van der Waals surface area contributed by atoms with Gasteiger partial charge in [0, 0.05) is 0 Å². The first kappa shape index (κ1) is 11.9. The molecule has 0 N–H and O–H groups in total. The molecule has 4 nitrogen and oxygen atoms in total. The Morgan fingerprint density at radius 2 is 2.12 bits per heavy atom. The van der Waals surface area contributed by atoms with Crippen LogP contribution in [0.15, 0.2) is 30.3 Å². The summed E-state index contributed by atoms with van der Waals surface area (Å²) in [7, 11) is 0. The number of hydrogen-bond acceptors (Lipinski definition) is 3. The predicted molar refractivity (Wildman–Crippen MR) is 63.3 cm³/mol. The van der Waals surface area contributed by atoms with Crippen LogP contribution in [0, 0.1) is 0 Å². The van der Waals surface area contributed by atoms with Crippen molar-refractivity contribution < 1.29 is 14.3 Å². The fourth-order valence-corrected chi connectivity index (χ4v) is 1.73. The molecule has 0 aliphatic carbocycles. The highest BCUT2D eigenvalue weighted by Gasteiger charge is 2.32. The van der Waals surface area contributed by atoms with Gasteiger partial charge in [-0.25, -0.2) is 4.79 Å². The Hall–Kier alpha value is -1.55. The average Bonchev–Trinajstić information content (AvgIpc) is 2.69. The molecule has 1 heterocycles. The number of benzene rings is 1. The Morgan fingerprint density at radius 1 is 1.41 bits per heavy atom. The number of amides is 1. The topological polar surface area (TPSA) is 38.8 Å². The highest BCUT2D eigenvalue weighted by atomic mass is 16.6. The van der Waals surface area contributed by atoms with Gasteiger partial charge >= 0.3 is 6.09 Å². The van der Waals surface area contributed by atoms with Crippen molar-refractivity contribution in [2.45, 2.75) is 32.6 Å². The SMILES string of the molecule is CC1OCN(C(=O)OCc2ccccc2)C1C. The van der Waals surface area contributed by atoms with Crippen LogP contribution >= 0.6 is 0 Å². The van der Waals surface area contributed by atoms with Gasteiger partial charge in [0.05, 0.1) is 12.1 Å². The number of nitrogens with zero attached hydrogens (tertiary/aromatic N) is 1. The van der Waals surface area contributed by atoms with Crippen LogP contribution in [0.3, 0.4) is 0 Å². The lowest BCUT2D eigenvalue weighted by Gasteiger charge is -2.20. The number of carbonyl (C=O) groups excluding carboxylic acids is 1. The quantitative estimate of drug-likeness (QED) is 0.790. The van der Waals surface area contributed by atoms with E-state index < -0.39 is 0 Å². The molecule has 1 saturated heterocycles. The summed E-state index contributed by atoms with van der Waals surface area (Å²) in [6, 6.07) is 9.71. The lowest BCUT2D eigenvalue weighted by atomic mass is 10.2. The van der Waals surface area contributed by atoms with E-state index in [9.17, 15) is 4.79 Å². The van der Waals surface area contributed by atoms with Crippen molar-refractivity contribution in [1.82, 2.24) is 4.90 Å². The van der Waals surface area contributed by atoms with E-state index in [4.69, 9.17) is 9.47 Å². The molecule has 2 unspecified atom stereocenters. The van der Waals surface area contributed by atoms with Crippen LogP contribution < -0.4 is 0 Å². The predicted octanol–water partition coefficient (Wildman–Crippen LogP) is 2.39. The first-order chi connectivity index (χ1) is 8.18. The van der Waals surface area contributed by atoms with Crippen molar-refractivity contribution in [2.24, 2.45) is 0 Å². The molecule has 0 aromatic heterocycles. The van der Waals surface area contributed by atoms with Crippen molar-refractivity contribution in [2.75, 3.05) is 6.73 Å². The van der Waals surface area contributed by atoms with Crippen molar-refractivity contribution in [3.63, 3.8) is 0 Å². The van der Waals surface area contributed by atoms with Crippen molar-refractivity contribution in [3.8, 4) is 0 Å². The van der Waals surface area contributed by atoms with Crippen LogP contribution in [0.1, 0.15) is 19.4 Å². The van der Waals surface area contributed by atoms with Gasteiger partial charge in [-0.15, -0.1) is 0 Å². The first-order valence-electron chi connectivity index (χ1n) is 5.77. The van der Waals surface area contributed by atoms with Crippen LogP contribution in [0.2, 0.25) is 0 Å². The molecule has 0 bridgehead atoms. The molecule has 0 saturated carbocycles. The van der Waals surface area contributed by atoms with Crippen molar-refractivity contribution >= 4 is 6.09 Å². The zero-order chi connectivity index (χ0) is 12.3. The molecule has 2 rings (SSSR count). The molecule has 1 aromatic carbocycles. The minimum Gasteiger partial charge on any atom is -0.444 e. The molecule has 1 aliphatic rings. The smallest absolute Gasteiger partial charge is 0.412 e. The van der Waals surface area contributed by atoms with E-state index in [2.05, 4.69) is 0 Å². The van der Waals surface area contributed by atoms with Crippen LogP contribution in [0.5, 0.6) is 0 Å². The Morgan fingerprint density at radius 3 is 2.71 bits per heavy atom. The maximum absolute atomic E-state index is 11.8. The molecule has 1 amide bonds. The summed E-state index contributed by atoms with van der Waals surface area (Å²) in [5.41, 5.74) is 0.988. The molecule has 17 heavy (non-hydrogen) atoms. The van der Waals surface area contributed by atoms with Gasteiger partial charge in [-0.1, -0.05) is 30.3 Å². The molecule has 92 valence electrons. The maximum Gasteiger partial charge on any atom is 0.412 e. The third kappa shape index (κ3) is 2.77. The fourth-order valence-electron chi connectivity index (χ4n) is 1.73. The second-order valence-corrected chi connectivity index (χ2v) is 4.25. The summed E-state index contributed by atoms with van der Waals surface area (Å²) in [6.07, 6.45) is -0.245. The summed E-state index contributed by atoms with van der Waals surface area (Å²) >= 11 is 0. The Labute approximate surface area is 101 Å². The Kier molecular flexibility index (Phi) is 3.64. The molecule has 1 fully saturated rings. The van der Waals surface area contributed by atoms with Gasteiger partial charge in [0.1, 0.15) is 13.3 Å². The Bertz CT molecular complexity index is 380. The second kappa shape index (κ2) is 5.19. The molecule has 0 spiro atoms. The largest absolute Gasteiger partial charge is 0.444 e. The fraction of sp³-hybridized carbons (Fsp3) is 0.462. The van der Waals surface area contributed by atoms with Crippen LogP contribution in [-0.2, 0) is 16.1 Å². The molecule has 0 radical (unpaired) electrons. The molecule has 1 aromatic rings. The Balaban J connectivity index is 1.86. The van der Waals surface area contributed by atoms with E-state index in [1.54, 1.807) is 4.90 Å². The van der Waals surface area contributed by atoms with Gasteiger partial charge in [0.25, 0.3) is 0 Å². The van der Waals surface area contributed by atoms with E-state index in [0.717, 1.165) is 5.56 Å². The van der Waals surface area contributed by atoms with Gasteiger partial charge in [0.15, 0.2) is 0 Å². The second-order valence-electron chi connectivity index (χ2n) is 4.25.